The molecular weight excluding hydrogens is 234 g/mol. The van der Waals surface area contributed by atoms with E-state index >= 15 is 0 Å². The Morgan fingerprint density at radius 3 is 2.26 bits per heavy atom. The SMILES string of the molecule is CCC(C)OCCc1ccc(-c2ccncc2)cc1. The standard InChI is InChI=1S/C17H21NO/c1-3-14(2)19-13-10-15-4-6-16(7-5-15)17-8-11-18-12-9-17/h4-9,11-12,14H,3,10,13H2,1-2H3. The van der Waals surface area contributed by atoms with Crippen LogP contribution in [0.25, 0.3) is 11.1 Å². The molecule has 0 bridgehead atoms. The van der Waals surface area contributed by atoms with Gasteiger partial charge in [0.25, 0.3) is 0 Å². The molecule has 100 valence electrons. The summed E-state index contributed by atoms with van der Waals surface area (Å²) in [5.74, 6) is 0. The quantitative estimate of drug-likeness (QED) is 0.775. The molecule has 0 saturated carbocycles. The first-order chi connectivity index (χ1) is 9.29. The van der Waals surface area contributed by atoms with Crippen molar-refractivity contribution >= 4 is 0 Å². The van der Waals surface area contributed by atoms with E-state index in [1.54, 1.807) is 0 Å². The zero-order valence-corrected chi connectivity index (χ0v) is 11.7. The molecule has 0 spiro atoms. The van der Waals surface area contributed by atoms with Crippen LogP contribution in [0.5, 0.6) is 0 Å². The Morgan fingerprint density at radius 1 is 1.00 bits per heavy atom. The molecule has 1 unspecified atom stereocenters. The average molecular weight is 255 g/mol. The van der Waals surface area contributed by atoms with Crippen LogP contribution in [-0.4, -0.2) is 17.7 Å². The van der Waals surface area contributed by atoms with Gasteiger partial charge in [0, 0.05) is 12.4 Å². The first-order valence-corrected chi connectivity index (χ1v) is 6.90. The Morgan fingerprint density at radius 2 is 1.63 bits per heavy atom. The van der Waals surface area contributed by atoms with Gasteiger partial charge >= 0.3 is 0 Å². The molecule has 0 N–H and O–H groups in total. The predicted octanol–water partition coefficient (Wildman–Crippen LogP) is 4.11. The molecule has 2 rings (SSSR count). The summed E-state index contributed by atoms with van der Waals surface area (Å²) in [6, 6.07) is 12.7. The van der Waals surface area contributed by atoms with Gasteiger partial charge in [-0.3, -0.25) is 4.98 Å². The van der Waals surface area contributed by atoms with Gasteiger partial charge in [-0.05, 0) is 48.6 Å². The van der Waals surface area contributed by atoms with Crippen LogP contribution in [0.3, 0.4) is 0 Å². The average Bonchev–Trinajstić information content (AvgIpc) is 2.48. The van der Waals surface area contributed by atoms with Crippen molar-refractivity contribution in [3.63, 3.8) is 0 Å². The maximum atomic E-state index is 5.70. The number of benzene rings is 1. The van der Waals surface area contributed by atoms with Gasteiger partial charge in [-0.1, -0.05) is 31.2 Å². The summed E-state index contributed by atoms with van der Waals surface area (Å²) in [6.45, 7) is 5.06. The van der Waals surface area contributed by atoms with Gasteiger partial charge in [0.05, 0.1) is 12.7 Å². The van der Waals surface area contributed by atoms with Crippen molar-refractivity contribution in [2.24, 2.45) is 0 Å². The lowest BCUT2D eigenvalue weighted by atomic mass is 10.0. The Balaban J connectivity index is 1.92. The lowest BCUT2D eigenvalue weighted by Crippen LogP contribution is -2.09. The second-order valence-electron chi connectivity index (χ2n) is 4.77. The van der Waals surface area contributed by atoms with E-state index in [4.69, 9.17) is 4.74 Å². The van der Waals surface area contributed by atoms with E-state index in [2.05, 4.69) is 43.1 Å². The summed E-state index contributed by atoms with van der Waals surface area (Å²) < 4.78 is 5.70. The van der Waals surface area contributed by atoms with Crippen LogP contribution in [0.15, 0.2) is 48.8 Å². The highest BCUT2D eigenvalue weighted by Crippen LogP contribution is 2.18. The smallest absolute Gasteiger partial charge is 0.0544 e. The van der Waals surface area contributed by atoms with Crippen LogP contribution in [0.1, 0.15) is 25.8 Å². The highest BCUT2D eigenvalue weighted by molar-refractivity contribution is 5.62. The molecule has 0 amide bonds. The molecule has 2 nitrogen and oxygen atoms in total. The van der Waals surface area contributed by atoms with E-state index in [-0.39, 0.29) is 0 Å². The van der Waals surface area contributed by atoms with E-state index in [0.717, 1.165) is 19.4 Å². The molecular formula is C17H21NO. The summed E-state index contributed by atoms with van der Waals surface area (Å²) in [4.78, 5) is 4.04. The molecule has 1 aromatic carbocycles. The molecule has 0 saturated heterocycles. The van der Waals surface area contributed by atoms with Crippen LogP contribution in [0.2, 0.25) is 0 Å². The summed E-state index contributed by atoms with van der Waals surface area (Å²) in [5.41, 5.74) is 3.76. The minimum Gasteiger partial charge on any atom is -0.378 e. The molecule has 0 aliphatic rings. The minimum absolute atomic E-state index is 0.357. The molecule has 2 heteroatoms. The molecule has 19 heavy (non-hydrogen) atoms. The Bertz CT molecular complexity index is 478. The van der Waals surface area contributed by atoms with Gasteiger partial charge in [0.2, 0.25) is 0 Å². The lowest BCUT2D eigenvalue weighted by molar-refractivity contribution is 0.0659. The summed E-state index contributed by atoms with van der Waals surface area (Å²) in [7, 11) is 0. The fourth-order valence-electron chi connectivity index (χ4n) is 1.90. The second-order valence-corrected chi connectivity index (χ2v) is 4.77. The third-order valence-electron chi connectivity index (χ3n) is 3.34. The molecule has 0 aliphatic carbocycles. The first kappa shape index (κ1) is 13.8. The van der Waals surface area contributed by atoms with Gasteiger partial charge in [-0.25, -0.2) is 0 Å². The second kappa shape index (κ2) is 7.05. The van der Waals surface area contributed by atoms with Crippen LogP contribution < -0.4 is 0 Å². The summed E-state index contributed by atoms with van der Waals surface area (Å²) >= 11 is 0. The molecule has 2 aromatic rings. The number of nitrogens with zero attached hydrogens (tertiary/aromatic N) is 1. The van der Waals surface area contributed by atoms with E-state index in [1.807, 2.05) is 24.5 Å². The minimum atomic E-state index is 0.357. The molecule has 0 fully saturated rings. The van der Waals surface area contributed by atoms with Gasteiger partial charge in [0.15, 0.2) is 0 Å². The maximum Gasteiger partial charge on any atom is 0.0544 e. The maximum absolute atomic E-state index is 5.70. The van der Waals surface area contributed by atoms with E-state index in [1.165, 1.54) is 16.7 Å². The Labute approximate surface area is 115 Å². The first-order valence-electron chi connectivity index (χ1n) is 6.90. The topological polar surface area (TPSA) is 22.1 Å². The van der Waals surface area contributed by atoms with Crippen LogP contribution in [-0.2, 0) is 11.2 Å². The van der Waals surface area contributed by atoms with Crippen molar-refractivity contribution < 1.29 is 4.74 Å². The Hall–Kier alpha value is -1.67. The van der Waals surface area contributed by atoms with Crippen LogP contribution in [0, 0.1) is 0 Å². The van der Waals surface area contributed by atoms with E-state index < -0.39 is 0 Å². The van der Waals surface area contributed by atoms with Crippen molar-refractivity contribution in [1.29, 1.82) is 0 Å². The summed E-state index contributed by atoms with van der Waals surface area (Å²) in [6.07, 6.45) is 6.05. The lowest BCUT2D eigenvalue weighted by Gasteiger charge is -2.10. The van der Waals surface area contributed by atoms with E-state index in [9.17, 15) is 0 Å². The number of rotatable bonds is 6. The fraction of sp³-hybridized carbons (Fsp3) is 0.353. The highest BCUT2D eigenvalue weighted by atomic mass is 16.5. The highest BCUT2D eigenvalue weighted by Gasteiger charge is 2.00. The monoisotopic (exact) mass is 255 g/mol. The largest absolute Gasteiger partial charge is 0.378 e. The van der Waals surface area contributed by atoms with Crippen molar-refractivity contribution in [3.05, 3.63) is 54.4 Å². The van der Waals surface area contributed by atoms with Crippen molar-refractivity contribution in [2.45, 2.75) is 32.8 Å². The van der Waals surface area contributed by atoms with Crippen molar-refractivity contribution in [2.75, 3.05) is 6.61 Å². The molecule has 1 aromatic heterocycles. The molecule has 0 aliphatic heterocycles. The summed E-state index contributed by atoms with van der Waals surface area (Å²) in [5, 5.41) is 0. The number of hydrogen-bond acceptors (Lipinski definition) is 2. The van der Waals surface area contributed by atoms with Gasteiger partial charge < -0.3 is 4.74 Å². The van der Waals surface area contributed by atoms with Crippen LogP contribution >= 0.6 is 0 Å². The van der Waals surface area contributed by atoms with Crippen molar-refractivity contribution in [1.82, 2.24) is 4.98 Å². The third kappa shape index (κ3) is 4.18. The zero-order chi connectivity index (χ0) is 13.5. The van der Waals surface area contributed by atoms with Gasteiger partial charge in [-0.2, -0.15) is 0 Å². The number of aromatic nitrogens is 1. The van der Waals surface area contributed by atoms with Gasteiger partial charge in [-0.15, -0.1) is 0 Å². The predicted molar refractivity (Wildman–Crippen MR) is 79.1 cm³/mol. The molecule has 0 radical (unpaired) electrons. The number of pyridine rings is 1. The normalized spacial score (nSPS) is 12.3. The fourth-order valence-corrected chi connectivity index (χ4v) is 1.90. The Kier molecular flexibility index (Phi) is 5.10. The van der Waals surface area contributed by atoms with Gasteiger partial charge in [0.1, 0.15) is 0 Å². The van der Waals surface area contributed by atoms with E-state index in [0.29, 0.717) is 6.10 Å². The zero-order valence-electron chi connectivity index (χ0n) is 11.7. The number of ether oxygens (including phenoxy) is 1. The third-order valence-corrected chi connectivity index (χ3v) is 3.34. The van der Waals surface area contributed by atoms with Crippen molar-refractivity contribution in [3.8, 4) is 11.1 Å². The van der Waals surface area contributed by atoms with Crippen LogP contribution in [0.4, 0.5) is 0 Å². The number of hydrogen-bond donors (Lipinski definition) is 0. The molecule has 1 heterocycles. The molecule has 1 atom stereocenters.